The van der Waals surface area contributed by atoms with E-state index in [1.54, 1.807) is 0 Å². The van der Waals surface area contributed by atoms with Crippen molar-refractivity contribution in [2.45, 2.75) is 61.4 Å². The first-order valence-corrected chi connectivity index (χ1v) is 13.6. The van der Waals surface area contributed by atoms with Crippen molar-refractivity contribution in [2.24, 2.45) is 0 Å². The van der Waals surface area contributed by atoms with Gasteiger partial charge in [-0.3, -0.25) is 4.79 Å². The molecule has 0 unspecified atom stereocenters. The number of aromatic hydroxyl groups is 2. The molecule has 0 bridgehead atoms. The maximum Gasteiger partial charge on any atom is 0.239 e. The molecular weight excluding hydrogens is 608 g/mol. The molecule has 2 aliphatic rings. The highest BCUT2D eigenvalue weighted by Crippen LogP contribution is 2.40. The van der Waals surface area contributed by atoms with Crippen LogP contribution in [0.2, 0.25) is 0 Å². The van der Waals surface area contributed by atoms with E-state index in [0.29, 0.717) is 0 Å². The third-order valence-electron chi connectivity index (χ3n) is 7.52. The van der Waals surface area contributed by atoms with E-state index in [4.69, 9.17) is 28.1 Å². The van der Waals surface area contributed by atoms with Gasteiger partial charge >= 0.3 is 0 Å². The molecule has 0 radical (unpaired) electrons. The van der Waals surface area contributed by atoms with Gasteiger partial charge in [0.25, 0.3) is 0 Å². The minimum atomic E-state index is -1.91. The van der Waals surface area contributed by atoms with Gasteiger partial charge in [0.05, 0.1) is 20.3 Å². The number of ether oxygens (including phenoxy) is 5. The molecule has 2 aromatic carbocycles. The molecular formula is C28H32O17. The second kappa shape index (κ2) is 12.9. The molecule has 0 saturated carbocycles. The summed E-state index contributed by atoms with van der Waals surface area (Å²) in [5, 5.41) is 100. The summed E-state index contributed by atoms with van der Waals surface area (Å²) in [6.45, 7) is -1.47. The highest BCUT2D eigenvalue weighted by atomic mass is 16.7. The summed E-state index contributed by atoms with van der Waals surface area (Å²) in [5.41, 5.74) is -1.23. The number of aliphatic hydroxyl groups is 8. The Kier molecular flexibility index (Phi) is 9.38. The lowest BCUT2D eigenvalue weighted by atomic mass is 9.99. The van der Waals surface area contributed by atoms with Crippen LogP contribution in [-0.4, -0.2) is 133 Å². The van der Waals surface area contributed by atoms with Gasteiger partial charge in [0.1, 0.15) is 71.3 Å². The predicted molar refractivity (Wildman–Crippen MR) is 147 cm³/mol. The van der Waals surface area contributed by atoms with Crippen LogP contribution in [0.3, 0.4) is 0 Å². The average molecular weight is 641 g/mol. The van der Waals surface area contributed by atoms with E-state index in [0.717, 1.165) is 12.1 Å². The van der Waals surface area contributed by atoms with Crippen LogP contribution < -0.4 is 19.6 Å². The number of methoxy groups -OCH3 is 1. The summed E-state index contributed by atoms with van der Waals surface area (Å²) in [7, 11) is 1.25. The molecule has 0 amide bonds. The van der Waals surface area contributed by atoms with E-state index < -0.39 is 103 Å². The van der Waals surface area contributed by atoms with Gasteiger partial charge in [-0.25, -0.2) is 0 Å². The van der Waals surface area contributed by atoms with Crippen molar-refractivity contribution < 1.29 is 79.2 Å². The van der Waals surface area contributed by atoms with E-state index >= 15 is 0 Å². The van der Waals surface area contributed by atoms with Gasteiger partial charge in [-0.15, -0.1) is 0 Å². The highest BCUT2D eigenvalue weighted by molar-refractivity contribution is 5.88. The van der Waals surface area contributed by atoms with E-state index in [1.807, 2.05) is 0 Å². The molecule has 2 saturated heterocycles. The number of phenols is 2. The maximum atomic E-state index is 13.7. The summed E-state index contributed by atoms with van der Waals surface area (Å²) in [6, 6.07) is 5.83. The largest absolute Gasteiger partial charge is 0.508 e. The Bertz CT molecular complexity index is 1570. The number of fused-ring (bicyclic) bond motifs is 1. The van der Waals surface area contributed by atoms with Crippen LogP contribution in [0.25, 0.3) is 22.3 Å². The lowest BCUT2D eigenvalue weighted by Gasteiger charge is -2.39. The molecule has 10 N–H and O–H groups in total. The van der Waals surface area contributed by atoms with Crippen LogP contribution in [0.1, 0.15) is 0 Å². The molecule has 2 fully saturated rings. The van der Waals surface area contributed by atoms with Crippen LogP contribution in [0.4, 0.5) is 0 Å². The zero-order chi connectivity index (χ0) is 32.7. The van der Waals surface area contributed by atoms with Crippen LogP contribution in [0.15, 0.2) is 39.5 Å². The van der Waals surface area contributed by atoms with Crippen molar-refractivity contribution in [3.8, 4) is 40.1 Å². The number of rotatable bonds is 8. The number of benzene rings is 2. The second-order valence-corrected chi connectivity index (χ2v) is 10.4. The first-order chi connectivity index (χ1) is 21.4. The monoisotopic (exact) mass is 640 g/mol. The van der Waals surface area contributed by atoms with Crippen molar-refractivity contribution in [2.75, 3.05) is 20.3 Å². The van der Waals surface area contributed by atoms with Gasteiger partial charge in [-0.2, -0.15) is 0 Å². The van der Waals surface area contributed by atoms with Crippen LogP contribution in [-0.2, 0) is 9.47 Å². The van der Waals surface area contributed by atoms with Gasteiger partial charge in [0, 0.05) is 17.7 Å². The molecule has 45 heavy (non-hydrogen) atoms. The summed E-state index contributed by atoms with van der Waals surface area (Å²) in [4.78, 5) is 13.7. The first-order valence-electron chi connectivity index (χ1n) is 13.6. The minimum absolute atomic E-state index is 0.0504. The number of hydrogen-bond donors (Lipinski definition) is 10. The maximum absolute atomic E-state index is 13.7. The number of aliphatic hydroxyl groups excluding tert-OH is 8. The van der Waals surface area contributed by atoms with E-state index in [-0.39, 0.29) is 28.4 Å². The Morgan fingerprint density at radius 2 is 1.31 bits per heavy atom. The lowest BCUT2D eigenvalue weighted by molar-refractivity contribution is -0.277. The SMILES string of the molecule is COc1cc(-c2oc3cc(O)cc(O)c3c(=O)c2O[C@H]2O[C@@H](CO)[C@@H](O)[C@@H](O)[C@H]2O)ccc1O[C@@H]1O[C@@H](CO)[C@@H](O)[C@@H](O)[C@H]1O. The molecule has 246 valence electrons. The zero-order valence-corrected chi connectivity index (χ0v) is 23.4. The van der Waals surface area contributed by atoms with Crippen molar-refractivity contribution in [1.29, 1.82) is 0 Å². The normalized spacial score (nSPS) is 31.9. The van der Waals surface area contributed by atoms with Crippen molar-refractivity contribution >= 4 is 11.0 Å². The second-order valence-electron chi connectivity index (χ2n) is 10.4. The Balaban J connectivity index is 1.58. The fourth-order valence-electron chi connectivity index (χ4n) is 5.04. The minimum Gasteiger partial charge on any atom is -0.508 e. The third-order valence-corrected chi connectivity index (χ3v) is 7.52. The van der Waals surface area contributed by atoms with Gasteiger partial charge < -0.3 is 79.2 Å². The predicted octanol–water partition coefficient (Wildman–Crippen LogP) is -2.76. The topological polar surface area (TPSA) is 279 Å². The molecule has 17 heteroatoms. The quantitative estimate of drug-likeness (QED) is 0.119. The number of phenolic OH excluding ortho intramolecular Hbond substituents is 2. The molecule has 3 aromatic rings. The van der Waals surface area contributed by atoms with Crippen molar-refractivity contribution in [3.05, 3.63) is 40.6 Å². The van der Waals surface area contributed by atoms with Crippen LogP contribution in [0.5, 0.6) is 28.7 Å². The van der Waals surface area contributed by atoms with Crippen LogP contribution >= 0.6 is 0 Å². The van der Waals surface area contributed by atoms with Crippen LogP contribution in [0, 0.1) is 0 Å². The Hall–Kier alpha value is -3.75. The van der Waals surface area contributed by atoms with Gasteiger partial charge in [-0.1, -0.05) is 0 Å². The number of hydrogen-bond acceptors (Lipinski definition) is 17. The standard InChI is InChI=1S/C28H32O17/c1-40-13-4-9(2-3-12(13)42-27-23(38)21(36)18(33)15(7-29)43-27)25-26(20(35)17-11(32)5-10(31)6-14(17)41-25)45-28-24(39)22(37)19(34)16(8-30)44-28/h2-6,15-16,18-19,21-24,27-34,36-39H,7-8H2,1H3/t15-,16-,18+,19+,21+,22+,23+,24+,27+,28+/m0/s1. The molecule has 0 spiro atoms. The van der Waals surface area contributed by atoms with Gasteiger partial charge in [0.15, 0.2) is 17.3 Å². The highest BCUT2D eigenvalue weighted by Gasteiger charge is 2.46. The fraction of sp³-hybridized carbons (Fsp3) is 0.464. The molecule has 1 aromatic heterocycles. The smallest absolute Gasteiger partial charge is 0.239 e. The molecule has 0 aliphatic carbocycles. The van der Waals surface area contributed by atoms with E-state index in [9.17, 15) is 55.9 Å². The molecule has 3 heterocycles. The summed E-state index contributed by atoms with van der Waals surface area (Å²) < 4.78 is 33.4. The van der Waals surface area contributed by atoms with Crippen molar-refractivity contribution in [3.63, 3.8) is 0 Å². The van der Waals surface area contributed by atoms with Gasteiger partial charge in [0.2, 0.25) is 23.8 Å². The Morgan fingerprint density at radius 3 is 1.87 bits per heavy atom. The Labute approximate surface area is 252 Å². The molecule has 10 atom stereocenters. The fourth-order valence-corrected chi connectivity index (χ4v) is 5.04. The van der Waals surface area contributed by atoms with E-state index in [1.165, 1.54) is 25.3 Å². The lowest BCUT2D eigenvalue weighted by Crippen LogP contribution is -2.60. The zero-order valence-electron chi connectivity index (χ0n) is 23.4. The van der Waals surface area contributed by atoms with Crippen molar-refractivity contribution in [1.82, 2.24) is 0 Å². The summed E-state index contributed by atoms with van der Waals surface area (Å²) >= 11 is 0. The molecule has 5 rings (SSSR count). The third kappa shape index (κ3) is 5.98. The molecule has 17 nitrogen and oxygen atoms in total. The Morgan fingerprint density at radius 1 is 0.733 bits per heavy atom. The first kappa shape index (κ1) is 32.6. The van der Waals surface area contributed by atoms with E-state index in [2.05, 4.69) is 0 Å². The molecule has 2 aliphatic heterocycles. The summed E-state index contributed by atoms with van der Waals surface area (Å²) in [5.74, 6) is -2.25. The van der Waals surface area contributed by atoms with Gasteiger partial charge in [-0.05, 0) is 18.2 Å². The summed E-state index contributed by atoms with van der Waals surface area (Å²) in [6.07, 6.45) is -16.6. The average Bonchev–Trinajstić information content (AvgIpc) is 3.02.